The molecular weight excluding hydrogens is 300 g/mol. The van der Waals surface area contributed by atoms with Crippen molar-refractivity contribution in [3.63, 3.8) is 0 Å². The molecule has 1 amide bonds. The summed E-state index contributed by atoms with van der Waals surface area (Å²) < 4.78 is 0. The fourth-order valence-electron chi connectivity index (χ4n) is 5.50. The molecule has 4 nitrogen and oxygen atoms in total. The Balaban J connectivity index is 1.45. The van der Waals surface area contributed by atoms with Crippen LogP contribution in [0.3, 0.4) is 0 Å². The largest absolute Gasteiger partial charge is 0.507 e. The summed E-state index contributed by atoms with van der Waals surface area (Å²) in [6, 6.07) is 7.41. The van der Waals surface area contributed by atoms with Gasteiger partial charge in [0, 0.05) is 29.6 Å². The number of rotatable bonds is 3. The fourth-order valence-corrected chi connectivity index (χ4v) is 5.50. The minimum Gasteiger partial charge on any atom is -0.507 e. The average Bonchev–Trinajstić information content (AvgIpc) is 2.53. The number of likely N-dealkylation sites (tertiary alicyclic amines) is 1. The Labute approximate surface area is 144 Å². The van der Waals surface area contributed by atoms with Gasteiger partial charge in [0.15, 0.2) is 0 Å². The highest BCUT2D eigenvalue weighted by Crippen LogP contribution is 2.64. The lowest BCUT2D eigenvalue weighted by atomic mass is 9.47. The topological polar surface area (TPSA) is 52.6 Å². The van der Waals surface area contributed by atoms with Crippen molar-refractivity contribution in [1.29, 1.82) is 0 Å². The molecule has 0 radical (unpaired) electrons. The molecule has 2 N–H and O–H groups in total. The maximum Gasteiger partial charge on any atom is 0.255 e. The van der Waals surface area contributed by atoms with Crippen molar-refractivity contribution >= 4 is 5.91 Å². The van der Waals surface area contributed by atoms with Crippen molar-refractivity contribution in [3.05, 3.63) is 29.3 Å². The van der Waals surface area contributed by atoms with E-state index in [0.717, 1.165) is 24.4 Å². The molecular formula is C20H28N2O2. The average molecular weight is 328 g/mol. The Morgan fingerprint density at radius 1 is 1.29 bits per heavy atom. The second-order valence-electron chi connectivity index (χ2n) is 8.31. The Hall–Kier alpha value is -1.55. The first-order chi connectivity index (χ1) is 11.4. The number of phenols is 1. The minimum atomic E-state index is -0.141. The predicted octanol–water partition coefficient (Wildman–Crippen LogP) is 3.22. The van der Waals surface area contributed by atoms with Gasteiger partial charge in [-0.2, -0.15) is 0 Å². The van der Waals surface area contributed by atoms with Gasteiger partial charge in [-0.25, -0.2) is 0 Å². The molecule has 130 valence electrons. The van der Waals surface area contributed by atoms with E-state index in [1.807, 2.05) is 13.0 Å². The van der Waals surface area contributed by atoms with Gasteiger partial charge in [-0.1, -0.05) is 11.6 Å². The number of aromatic hydroxyl groups is 1. The molecule has 0 bridgehead atoms. The van der Waals surface area contributed by atoms with E-state index in [1.54, 1.807) is 12.1 Å². The van der Waals surface area contributed by atoms with Crippen LogP contribution in [-0.4, -0.2) is 40.1 Å². The van der Waals surface area contributed by atoms with Crippen molar-refractivity contribution in [3.8, 4) is 5.75 Å². The maximum absolute atomic E-state index is 12.6. The lowest BCUT2D eigenvalue weighted by Gasteiger charge is -2.74. The molecule has 1 saturated heterocycles. The summed E-state index contributed by atoms with van der Waals surface area (Å²) >= 11 is 0. The first-order valence-electron chi connectivity index (χ1n) is 9.30. The third-order valence-electron chi connectivity index (χ3n) is 6.72. The van der Waals surface area contributed by atoms with E-state index in [4.69, 9.17) is 0 Å². The first-order valence-corrected chi connectivity index (χ1v) is 9.30. The monoisotopic (exact) mass is 328 g/mol. The smallest absolute Gasteiger partial charge is 0.255 e. The van der Waals surface area contributed by atoms with E-state index in [1.165, 1.54) is 19.3 Å². The fraction of sp³-hybridized carbons (Fsp3) is 0.650. The Bertz CT molecular complexity index is 672. The summed E-state index contributed by atoms with van der Waals surface area (Å²) in [5.74, 6) is -0.0744. The number of amides is 1. The number of hydrogen-bond acceptors (Lipinski definition) is 3. The molecule has 24 heavy (non-hydrogen) atoms. The second-order valence-corrected chi connectivity index (χ2v) is 8.31. The first kappa shape index (κ1) is 15.9. The van der Waals surface area contributed by atoms with Crippen LogP contribution >= 0.6 is 0 Å². The summed E-state index contributed by atoms with van der Waals surface area (Å²) in [5, 5.41) is 13.1. The number of carbonyl (C=O) groups excluding carboxylic acids is 1. The number of phenolic OH excluding ortho intramolecular Hbond substituents is 1. The van der Waals surface area contributed by atoms with Gasteiger partial charge in [0.1, 0.15) is 5.75 Å². The summed E-state index contributed by atoms with van der Waals surface area (Å²) in [5.41, 5.74) is 1.94. The van der Waals surface area contributed by atoms with Crippen LogP contribution in [0.25, 0.3) is 0 Å². The number of carbonyl (C=O) groups is 1. The molecule has 3 fully saturated rings. The molecule has 3 unspecified atom stereocenters. The van der Waals surface area contributed by atoms with Crippen molar-refractivity contribution in [1.82, 2.24) is 10.2 Å². The number of benzene rings is 1. The highest BCUT2D eigenvalue weighted by Gasteiger charge is 2.67. The molecule has 1 spiro atoms. The van der Waals surface area contributed by atoms with E-state index in [0.29, 0.717) is 23.1 Å². The summed E-state index contributed by atoms with van der Waals surface area (Å²) in [6.45, 7) is 6.51. The Morgan fingerprint density at radius 3 is 2.71 bits per heavy atom. The summed E-state index contributed by atoms with van der Waals surface area (Å²) in [4.78, 5) is 15.3. The van der Waals surface area contributed by atoms with Crippen molar-refractivity contribution in [2.24, 2.45) is 5.41 Å². The van der Waals surface area contributed by atoms with E-state index in [2.05, 4.69) is 24.1 Å². The van der Waals surface area contributed by atoms with E-state index in [9.17, 15) is 9.90 Å². The molecule has 1 aliphatic heterocycles. The molecule has 4 heteroatoms. The highest BCUT2D eigenvalue weighted by atomic mass is 16.3. The van der Waals surface area contributed by atoms with Gasteiger partial charge in [-0.05, 0) is 65.0 Å². The van der Waals surface area contributed by atoms with Crippen LogP contribution in [0.5, 0.6) is 5.75 Å². The molecule has 0 aromatic heterocycles. The Kier molecular flexibility index (Phi) is 3.64. The number of nitrogens with zero attached hydrogens (tertiary/aromatic N) is 1. The zero-order valence-electron chi connectivity index (χ0n) is 14.9. The van der Waals surface area contributed by atoms with Crippen LogP contribution in [0.1, 0.15) is 61.9 Å². The lowest BCUT2D eigenvalue weighted by Crippen LogP contribution is -2.80. The number of hydrogen-bond donors (Lipinski definition) is 2. The van der Waals surface area contributed by atoms with Crippen LogP contribution in [0.4, 0.5) is 0 Å². The minimum absolute atomic E-state index is 0.0666. The molecule has 1 heterocycles. The van der Waals surface area contributed by atoms with Crippen molar-refractivity contribution in [2.45, 2.75) is 77.0 Å². The third kappa shape index (κ3) is 2.19. The van der Waals surface area contributed by atoms with Gasteiger partial charge in [0.05, 0.1) is 5.56 Å². The van der Waals surface area contributed by atoms with Gasteiger partial charge in [0.25, 0.3) is 5.91 Å². The van der Waals surface area contributed by atoms with Gasteiger partial charge >= 0.3 is 0 Å². The van der Waals surface area contributed by atoms with E-state index < -0.39 is 0 Å². The van der Waals surface area contributed by atoms with E-state index in [-0.39, 0.29) is 17.7 Å². The van der Waals surface area contributed by atoms with Crippen LogP contribution in [0, 0.1) is 12.3 Å². The zero-order valence-corrected chi connectivity index (χ0v) is 14.9. The predicted molar refractivity (Wildman–Crippen MR) is 94.2 cm³/mol. The van der Waals surface area contributed by atoms with Crippen LogP contribution in [-0.2, 0) is 0 Å². The molecule has 4 rings (SSSR count). The zero-order chi connectivity index (χ0) is 17.1. The Morgan fingerprint density at radius 2 is 2.04 bits per heavy atom. The molecule has 1 aromatic carbocycles. The van der Waals surface area contributed by atoms with Crippen LogP contribution in [0.15, 0.2) is 18.2 Å². The molecule has 4 atom stereocenters. The van der Waals surface area contributed by atoms with E-state index >= 15 is 0 Å². The summed E-state index contributed by atoms with van der Waals surface area (Å²) in [7, 11) is 0. The number of nitrogens with one attached hydrogen (secondary N) is 1. The number of aryl methyl sites for hydroxylation is 1. The van der Waals surface area contributed by atoms with Gasteiger partial charge in [-0.15, -0.1) is 0 Å². The quantitative estimate of drug-likeness (QED) is 0.896. The van der Waals surface area contributed by atoms with Crippen LogP contribution < -0.4 is 5.32 Å². The van der Waals surface area contributed by atoms with Gasteiger partial charge < -0.3 is 10.4 Å². The normalized spacial score (nSPS) is 34.8. The molecule has 2 aliphatic carbocycles. The molecule has 3 aliphatic rings. The highest BCUT2D eigenvalue weighted by molar-refractivity contribution is 5.97. The molecule has 1 aromatic rings. The second kappa shape index (κ2) is 5.48. The number of piperidine rings is 1. The summed E-state index contributed by atoms with van der Waals surface area (Å²) in [6.07, 6.45) is 6.06. The van der Waals surface area contributed by atoms with Gasteiger partial charge in [0.2, 0.25) is 0 Å². The molecule has 2 saturated carbocycles. The standard InChI is InChI=1S/C20H28N2O2/c1-12(2)22-17-7-9-20(17)8-6-14(11-18(20)22)21-19(24)15-10-13(3)4-5-16(15)23/h4-5,10,12,14,17-18,23H,6-9,11H2,1-3H3,(H,21,24)/t14-,17?,18?,20?/m0/s1. The lowest BCUT2D eigenvalue weighted by molar-refractivity contribution is -0.238. The van der Waals surface area contributed by atoms with Gasteiger partial charge in [-0.3, -0.25) is 9.69 Å². The van der Waals surface area contributed by atoms with Crippen molar-refractivity contribution in [2.75, 3.05) is 0 Å². The SMILES string of the molecule is Cc1ccc(O)c(C(=O)N[C@H]2CCC34CCC3N(C(C)C)C4C2)c1. The van der Waals surface area contributed by atoms with Crippen molar-refractivity contribution < 1.29 is 9.90 Å². The van der Waals surface area contributed by atoms with Crippen LogP contribution in [0.2, 0.25) is 0 Å². The maximum atomic E-state index is 12.6. The third-order valence-corrected chi connectivity index (χ3v) is 6.72.